The number of hydrogen-bond acceptors (Lipinski definition) is 5. The average molecular weight is 470 g/mol. The lowest BCUT2D eigenvalue weighted by Gasteiger charge is -2.38. The number of piperazine rings is 1. The maximum Gasteiger partial charge on any atom is 0.267 e. The summed E-state index contributed by atoms with van der Waals surface area (Å²) < 4.78 is 25.4. The molecule has 0 aliphatic carbocycles. The second kappa shape index (κ2) is 10.1. The third-order valence-corrected chi connectivity index (χ3v) is 6.02. The molecular formula is C25H28FN3O5. The quantitative estimate of drug-likeness (QED) is 0.725. The Bertz CT molecular complexity index is 1070. The monoisotopic (exact) mass is 469 g/mol. The normalized spacial score (nSPS) is 18.4. The minimum Gasteiger partial charge on any atom is -0.485 e. The van der Waals surface area contributed by atoms with Gasteiger partial charge in [0, 0.05) is 26.2 Å². The first kappa shape index (κ1) is 23.5. The van der Waals surface area contributed by atoms with E-state index < -0.39 is 23.9 Å². The van der Waals surface area contributed by atoms with E-state index in [1.807, 2.05) is 26.0 Å². The topological polar surface area (TPSA) is 88.2 Å². The minimum atomic E-state index is -0.805. The van der Waals surface area contributed by atoms with Gasteiger partial charge in [-0.1, -0.05) is 38.1 Å². The Kier molecular flexibility index (Phi) is 7.00. The molecule has 9 heteroatoms. The van der Waals surface area contributed by atoms with E-state index in [4.69, 9.17) is 9.47 Å². The van der Waals surface area contributed by atoms with Crippen molar-refractivity contribution in [1.29, 1.82) is 0 Å². The molecule has 0 saturated carbocycles. The Balaban J connectivity index is 1.34. The third kappa shape index (κ3) is 4.98. The number of amides is 3. The van der Waals surface area contributed by atoms with Crippen LogP contribution in [0.1, 0.15) is 24.2 Å². The van der Waals surface area contributed by atoms with Crippen molar-refractivity contribution in [2.24, 2.45) is 5.92 Å². The highest BCUT2D eigenvalue weighted by atomic mass is 19.1. The van der Waals surface area contributed by atoms with E-state index in [9.17, 15) is 18.8 Å². The molecule has 0 spiro atoms. The Morgan fingerprint density at radius 1 is 0.941 bits per heavy atom. The molecule has 3 amide bonds. The fraction of sp³-hybridized carbons (Fsp3) is 0.400. The van der Waals surface area contributed by atoms with Crippen LogP contribution in [-0.2, 0) is 9.59 Å². The predicted molar refractivity (Wildman–Crippen MR) is 122 cm³/mol. The molecule has 8 nitrogen and oxygen atoms in total. The molecule has 2 heterocycles. The zero-order chi connectivity index (χ0) is 24.2. The summed E-state index contributed by atoms with van der Waals surface area (Å²) in [6, 6.07) is 12.1. The Hall–Kier alpha value is -3.62. The van der Waals surface area contributed by atoms with Crippen LogP contribution in [0.25, 0.3) is 0 Å². The zero-order valence-corrected chi connectivity index (χ0v) is 19.2. The number of benzene rings is 2. The Morgan fingerprint density at radius 2 is 1.56 bits per heavy atom. The van der Waals surface area contributed by atoms with Crippen LogP contribution in [-0.4, -0.2) is 72.5 Å². The molecule has 0 radical (unpaired) electrons. The Morgan fingerprint density at radius 3 is 2.24 bits per heavy atom. The molecule has 2 atom stereocenters. The number of halogens is 1. The maximum absolute atomic E-state index is 14.0. The number of hydrogen-bond donors (Lipinski definition) is 1. The molecule has 2 aromatic carbocycles. The van der Waals surface area contributed by atoms with Crippen molar-refractivity contribution in [3.05, 3.63) is 59.9 Å². The fourth-order valence-electron chi connectivity index (χ4n) is 4.07. The molecule has 0 unspecified atom stereocenters. The first-order valence-corrected chi connectivity index (χ1v) is 11.4. The highest BCUT2D eigenvalue weighted by Crippen LogP contribution is 2.31. The van der Waals surface area contributed by atoms with Crippen molar-refractivity contribution in [3.63, 3.8) is 0 Å². The summed E-state index contributed by atoms with van der Waals surface area (Å²) >= 11 is 0. The van der Waals surface area contributed by atoms with Crippen molar-refractivity contribution in [2.45, 2.75) is 26.0 Å². The van der Waals surface area contributed by atoms with E-state index >= 15 is 0 Å². The molecule has 1 N–H and O–H groups in total. The van der Waals surface area contributed by atoms with E-state index in [0.29, 0.717) is 37.7 Å². The van der Waals surface area contributed by atoms with Gasteiger partial charge in [0.1, 0.15) is 18.5 Å². The fourth-order valence-corrected chi connectivity index (χ4v) is 4.07. The second-order valence-corrected chi connectivity index (χ2v) is 8.69. The molecule has 2 aromatic rings. The van der Waals surface area contributed by atoms with Crippen molar-refractivity contribution in [3.8, 4) is 11.5 Å². The van der Waals surface area contributed by atoms with Crippen molar-refractivity contribution in [1.82, 2.24) is 15.1 Å². The number of rotatable bonds is 5. The highest BCUT2D eigenvalue weighted by Gasteiger charge is 2.35. The van der Waals surface area contributed by atoms with Gasteiger partial charge in [-0.2, -0.15) is 0 Å². The van der Waals surface area contributed by atoms with Crippen molar-refractivity contribution >= 4 is 17.7 Å². The summed E-state index contributed by atoms with van der Waals surface area (Å²) in [5, 5.41) is 2.68. The number of para-hydroxylation sites is 2. The first-order chi connectivity index (χ1) is 16.3. The van der Waals surface area contributed by atoms with Gasteiger partial charge in [0.05, 0.1) is 5.56 Å². The van der Waals surface area contributed by atoms with E-state index in [1.165, 1.54) is 18.2 Å². The van der Waals surface area contributed by atoms with Gasteiger partial charge in [0.2, 0.25) is 12.0 Å². The van der Waals surface area contributed by atoms with Gasteiger partial charge < -0.3 is 24.6 Å². The summed E-state index contributed by atoms with van der Waals surface area (Å²) in [6.45, 7) is 5.12. The molecule has 4 rings (SSSR count). The van der Waals surface area contributed by atoms with Crippen LogP contribution in [0.5, 0.6) is 11.5 Å². The van der Waals surface area contributed by atoms with Crippen LogP contribution in [0.15, 0.2) is 48.5 Å². The van der Waals surface area contributed by atoms with Crippen LogP contribution >= 0.6 is 0 Å². The first-order valence-electron chi connectivity index (χ1n) is 11.4. The summed E-state index contributed by atoms with van der Waals surface area (Å²) in [6.07, 6.45) is -0.736. The smallest absolute Gasteiger partial charge is 0.267 e. The molecule has 1 fully saturated rings. The molecule has 34 heavy (non-hydrogen) atoms. The second-order valence-electron chi connectivity index (χ2n) is 8.69. The largest absolute Gasteiger partial charge is 0.485 e. The summed E-state index contributed by atoms with van der Waals surface area (Å²) in [4.78, 5) is 42.0. The van der Waals surface area contributed by atoms with Crippen LogP contribution in [0.4, 0.5) is 4.39 Å². The molecule has 180 valence electrons. The maximum atomic E-state index is 14.0. The highest BCUT2D eigenvalue weighted by molar-refractivity contribution is 5.97. The number of nitrogens with zero attached hydrogens (tertiary/aromatic N) is 2. The Labute approximate surface area is 197 Å². The van der Waals surface area contributed by atoms with Crippen LogP contribution < -0.4 is 14.8 Å². The van der Waals surface area contributed by atoms with Gasteiger partial charge in [-0.15, -0.1) is 0 Å². The third-order valence-electron chi connectivity index (χ3n) is 6.02. The van der Waals surface area contributed by atoms with Gasteiger partial charge in [-0.25, -0.2) is 4.39 Å². The van der Waals surface area contributed by atoms with E-state index in [0.717, 1.165) is 0 Å². The van der Waals surface area contributed by atoms with Crippen molar-refractivity contribution < 1.29 is 28.2 Å². The number of fused-ring (bicyclic) bond motifs is 1. The molecule has 2 aliphatic heterocycles. The van der Waals surface area contributed by atoms with Crippen LogP contribution in [0.3, 0.4) is 0 Å². The van der Waals surface area contributed by atoms with Gasteiger partial charge in [0.25, 0.3) is 11.8 Å². The summed E-state index contributed by atoms with van der Waals surface area (Å²) in [7, 11) is 0. The molecule has 2 aliphatic rings. The lowest BCUT2D eigenvalue weighted by atomic mass is 10.0. The predicted octanol–water partition coefficient (Wildman–Crippen LogP) is 2.09. The number of carbonyl (C=O) groups excluding carboxylic acids is 3. The van der Waals surface area contributed by atoms with Crippen molar-refractivity contribution in [2.75, 3.05) is 32.8 Å². The number of carbonyl (C=O) groups is 3. The van der Waals surface area contributed by atoms with E-state index in [-0.39, 0.29) is 29.9 Å². The lowest BCUT2D eigenvalue weighted by molar-refractivity contribution is -0.147. The van der Waals surface area contributed by atoms with Crippen LogP contribution in [0, 0.1) is 11.7 Å². The van der Waals surface area contributed by atoms with Gasteiger partial charge >= 0.3 is 0 Å². The molecular weight excluding hydrogens is 441 g/mol. The zero-order valence-electron chi connectivity index (χ0n) is 19.2. The molecule has 0 bridgehead atoms. The minimum absolute atomic E-state index is 0.104. The van der Waals surface area contributed by atoms with Gasteiger partial charge in [-0.05, 0) is 30.2 Å². The van der Waals surface area contributed by atoms with Gasteiger partial charge in [-0.3, -0.25) is 14.4 Å². The van der Waals surface area contributed by atoms with E-state index in [1.54, 1.807) is 28.0 Å². The van der Waals surface area contributed by atoms with E-state index in [2.05, 4.69) is 5.32 Å². The molecule has 0 aromatic heterocycles. The van der Waals surface area contributed by atoms with Gasteiger partial charge in [0.15, 0.2) is 11.5 Å². The summed E-state index contributed by atoms with van der Waals surface area (Å²) in [5.41, 5.74) is -0.104. The van der Waals surface area contributed by atoms with Crippen LogP contribution in [0.2, 0.25) is 0 Å². The molecule has 1 saturated heterocycles. The SMILES string of the molecule is CC(C)[C@H](NC(=O)c1ccccc1F)C(=O)N1CCN(C(=O)[C@H]2COc3ccccc3O2)CC1. The lowest BCUT2D eigenvalue weighted by Crippen LogP contribution is -2.59. The standard InChI is InChI=1S/C25H28FN3O5/c1-16(2)22(27-23(30)17-7-3-4-8-18(17)26)25(32)29-13-11-28(12-14-29)24(31)21-15-33-19-9-5-6-10-20(19)34-21/h3-10,16,21-22H,11-15H2,1-2H3,(H,27,30)/t21-,22+/m1/s1. The number of ether oxygens (including phenoxy) is 2. The number of nitrogens with one attached hydrogen (secondary N) is 1. The summed E-state index contributed by atoms with van der Waals surface area (Å²) in [5.74, 6) is -0.763. The average Bonchev–Trinajstić information content (AvgIpc) is 2.86.